The molecular formula is C23H18O2S. The second kappa shape index (κ2) is 7.24. The third-order valence-corrected chi connectivity index (χ3v) is 5.66. The monoisotopic (exact) mass is 358 g/mol. The minimum atomic E-state index is -0.282. The molecule has 1 aromatic heterocycles. The lowest BCUT2D eigenvalue weighted by Gasteiger charge is -2.17. The fraction of sp³-hybridized carbons (Fsp3) is 0.0870. The van der Waals surface area contributed by atoms with Crippen molar-refractivity contribution < 1.29 is 9.53 Å². The third kappa shape index (κ3) is 2.96. The van der Waals surface area contributed by atoms with E-state index in [2.05, 4.69) is 12.1 Å². The van der Waals surface area contributed by atoms with E-state index >= 15 is 0 Å². The zero-order valence-electron chi connectivity index (χ0n) is 14.4. The fourth-order valence-electron chi connectivity index (χ4n) is 3.26. The van der Waals surface area contributed by atoms with E-state index in [1.807, 2.05) is 72.8 Å². The average Bonchev–Trinajstić information content (AvgIpc) is 3.09. The molecule has 0 saturated carbocycles. The third-order valence-electron chi connectivity index (χ3n) is 4.48. The van der Waals surface area contributed by atoms with Crippen LogP contribution in [0.25, 0.3) is 10.1 Å². The van der Waals surface area contributed by atoms with Gasteiger partial charge in [-0.3, -0.25) is 4.79 Å². The molecule has 1 heterocycles. The molecule has 0 aliphatic carbocycles. The van der Waals surface area contributed by atoms with Crippen LogP contribution in [0.2, 0.25) is 0 Å². The van der Waals surface area contributed by atoms with Crippen LogP contribution < -0.4 is 0 Å². The highest BCUT2D eigenvalue weighted by Gasteiger charge is 2.26. The van der Waals surface area contributed by atoms with Gasteiger partial charge >= 0.3 is 0 Å². The fourth-order valence-corrected chi connectivity index (χ4v) is 4.46. The number of carbonyl (C=O) groups excluding carboxylic acids is 1. The van der Waals surface area contributed by atoms with Gasteiger partial charge in [-0.25, -0.2) is 0 Å². The van der Waals surface area contributed by atoms with Crippen molar-refractivity contribution >= 4 is 27.2 Å². The number of hydrogen-bond acceptors (Lipinski definition) is 3. The summed E-state index contributed by atoms with van der Waals surface area (Å²) < 4.78 is 6.97. The second-order valence-corrected chi connectivity index (χ2v) is 7.11. The summed E-state index contributed by atoms with van der Waals surface area (Å²) >= 11 is 1.54. The molecule has 1 atom stereocenters. The first-order chi connectivity index (χ1) is 12.8. The van der Waals surface area contributed by atoms with Gasteiger partial charge in [0.1, 0.15) is 6.10 Å². The molecule has 0 aliphatic heterocycles. The van der Waals surface area contributed by atoms with Gasteiger partial charge in [0.15, 0.2) is 0 Å². The van der Waals surface area contributed by atoms with Gasteiger partial charge in [0.2, 0.25) is 5.78 Å². The normalized spacial score (nSPS) is 12.2. The Bertz CT molecular complexity index is 1040. The minimum absolute atomic E-state index is 0.0415. The van der Waals surface area contributed by atoms with E-state index in [9.17, 15) is 4.79 Å². The summed E-state index contributed by atoms with van der Waals surface area (Å²) in [5.41, 5.74) is 2.69. The molecule has 0 aliphatic rings. The largest absolute Gasteiger partial charge is 0.372 e. The Kier molecular flexibility index (Phi) is 4.65. The van der Waals surface area contributed by atoms with E-state index in [-0.39, 0.29) is 11.9 Å². The maximum atomic E-state index is 13.2. The van der Waals surface area contributed by atoms with Gasteiger partial charge in [-0.2, -0.15) is 0 Å². The van der Waals surface area contributed by atoms with E-state index in [4.69, 9.17) is 4.74 Å². The Morgan fingerprint density at radius 3 is 2.15 bits per heavy atom. The Morgan fingerprint density at radius 1 is 0.846 bits per heavy atom. The van der Waals surface area contributed by atoms with E-state index < -0.39 is 0 Å². The summed E-state index contributed by atoms with van der Waals surface area (Å²) in [7, 11) is 1.70. The molecule has 4 aromatic rings. The molecule has 3 aromatic carbocycles. The zero-order valence-corrected chi connectivity index (χ0v) is 15.2. The van der Waals surface area contributed by atoms with Crippen LogP contribution in [-0.4, -0.2) is 12.9 Å². The highest BCUT2D eigenvalue weighted by atomic mass is 32.1. The van der Waals surface area contributed by atoms with Crippen molar-refractivity contribution in [3.8, 4) is 0 Å². The van der Waals surface area contributed by atoms with E-state index in [1.54, 1.807) is 7.11 Å². The molecule has 0 saturated heterocycles. The van der Waals surface area contributed by atoms with Gasteiger partial charge in [-0.15, -0.1) is 11.3 Å². The number of methoxy groups -OCH3 is 1. The van der Waals surface area contributed by atoms with Gasteiger partial charge < -0.3 is 4.74 Å². The van der Waals surface area contributed by atoms with Crippen molar-refractivity contribution in [1.29, 1.82) is 0 Å². The van der Waals surface area contributed by atoms with Crippen molar-refractivity contribution in [3.05, 3.63) is 106 Å². The van der Waals surface area contributed by atoms with Crippen LogP contribution in [0.15, 0.2) is 84.9 Å². The predicted octanol–water partition coefficient (Wildman–Crippen LogP) is 5.87. The molecule has 128 valence electrons. The number of fused-ring (bicyclic) bond motifs is 1. The maximum Gasteiger partial charge on any atom is 0.203 e. The van der Waals surface area contributed by atoms with Gasteiger partial charge in [-0.1, -0.05) is 78.9 Å². The predicted molar refractivity (Wildman–Crippen MR) is 107 cm³/mol. The summed E-state index contributed by atoms with van der Waals surface area (Å²) in [5, 5.41) is 1.08. The van der Waals surface area contributed by atoms with Gasteiger partial charge in [0.05, 0.1) is 4.88 Å². The van der Waals surface area contributed by atoms with E-state index in [1.165, 1.54) is 11.3 Å². The minimum Gasteiger partial charge on any atom is -0.372 e. The van der Waals surface area contributed by atoms with Gasteiger partial charge in [0, 0.05) is 22.9 Å². The van der Waals surface area contributed by atoms with Crippen LogP contribution in [-0.2, 0) is 4.74 Å². The number of thiophene rings is 1. The molecule has 1 unspecified atom stereocenters. The Morgan fingerprint density at radius 2 is 1.46 bits per heavy atom. The smallest absolute Gasteiger partial charge is 0.203 e. The molecule has 26 heavy (non-hydrogen) atoms. The summed E-state index contributed by atoms with van der Waals surface area (Å²) in [6.07, 6.45) is -0.282. The molecule has 4 rings (SSSR count). The Balaban J connectivity index is 1.94. The van der Waals surface area contributed by atoms with Crippen molar-refractivity contribution in [2.45, 2.75) is 6.10 Å². The first-order valence-corrected chi connectivity index (χ1v) is 9.30. The van der Waals surface area contributed by atoms with Crippen molar-refractivity contribution in [1.82, 2.24) is 0 Å². The van der Waals surface area contributed by atoms with Gasteiger partial charge in [-0.05, 0) is 17.0 Å². The summed E-state index contributed by atoms with van der Waals surface area (Å²) in [6, 6.07) is 27.6. The first kappa shape index (κ1) is 16.7. The van der Waals surface area contributed by atoms with Crippen LogP contribution in [0.5, 0.6) is 0 Å². The van der Waals surface area contributed by atoms with E-state index in [0.717, 1.165) is 26.1 Å². The maximum absolute atomic E-state index is 13.2. The first-order valence-electron chi connectivity index (χ1n) is 8.48. The molecule has 0 bridgehead atoms. The van der Waals surface area contributed by atoms with Crippen molar-refractivity contribution in [3.63, 3.8) is 0 Å². The zero-order chi connectivity index (χ0) is 17.9. The highest BCUT2D eigenvalue weighted by molar-refractivity contribution is 7.21. The van der Waals surface area contributed by atoms with E-state index in [0.29, 0.717) is 5.56 Å². The number of ether oxygens (including phenoxy) is 1. The molecule has 2 nitrogen and oxygen atoms in total. The summed E-state index contributed by atoms with van der Waals surface area (Å²) in [6.45, 7) is 0. The number of ketones is 1. The van der Waals surface area contributed by atoms with Crippen LogP contribution in [0.3, 0.4) is 0 Å². The van der Waals surface area contributed by atoms with Crippen molar-refractivity contribution in [2.24, 2.45) is 0 Å². The van der Waals surface area contributed by atoms with Crippen molar-refractivity contribution in [2.75, 3.05) is 7.11 Å². The molecule has 0 fully saturated rings. The van der Waals surface area contributed by atoms with Crippen LogP contribution in [0.4, 0.5) is 0 Å². The standard InChI is InChI=1S/C23H18O2S/c1-25-22(17-12-6-3-7-13-17)20-18-14-8-9-15-19(18)26-23(20)21(24)16-10-4-2-5-11-16/h2-15,22H,1H3. The second-order valence-electron chi connectivity index (χ2n) is 6.06. The van der Waals surface area contributed by atoms with Crippen LogP contribution >= 0.6 is 11.3 Å². The lowest BCUT2D eigenvalue weighted by Crippen LogP contribution is -2.09. The molecule has 0 radical (unpaired) electrons. The lowest BCUT2D eigenvalue weighted by molar-refractivity contribution is 0.103. The van der Waals surface area contributed by atoms with Crippen LogP contribution in [0, 0.1) is 0 Å². The SMILES string of the molecule is COC(c1ccccc1)c1c(C(=O)c2ccccc2)sc2ccccc12. The molecular weight excluding hydrogens is 340 g/mol. The lowest BCUT2D eigenvalue weighted by atomic mass is 9.95. The Hall–Kier alpha value is -2.75. The number of benzene rings is 3. The highest BCUT2D eigenvalue weighted by Crippen LogP contribution is 2.40. The molecule has 3 heteroatoms. The average molecular weight is 358 g/mol. The van der Waals surface area contributed by atoms with Crippen LogP contribution in [0.1, 0.15) is 32.5 Å². The Labute approximate surface area is 156 Å². The number of rotatable bonds is 5. The molecule has 0 spiro atoms. The molecule has 0 N–H and O–H groups in total. The summed E-state index contributed by atoms with van der Waals surface area (Å²) in [4.78, 5) is 14.0. The number of hydrogen-bond donors (Lipinski definition) is 0. The summed E-state index contributed by atoms with van der Waals surface area (Å²) in [5.74, 6) is 0.0415. The topological polar surface area (TPSA) is 26.3 Å². The quantitative estimate of drug-likeness (QED) is 0.417. The molecule has 0 amide bonds. The van der Waals surface area contributed by atoms with Gasteiger partial charge in [0.25, 0.3) is 0 Å². The number of carbonyl (C=O) groups is 1.